The fourth-order valence-electron chi connectivity index (χ4n) is 8.53. The van der Waals surface area contributed by atoms with E-state index in [1.165, 1.54) is 32.9 Å². The molecule has 0 spiro atoms. The lowest BCUT2D eigenvalue weighted by atomic mass is 9.50. The molecule has 2 aromatic rings. The lowest BCUT2D eigenvalue weighted by Gasteiger charge is -2.59. The molecule has 2 fully saturated rings. The van der Waals surface area contributed by atoms with Crippen LogP contribution >= 0.6 is 0 Å². The molecule has 15 nitrogen and oxygen atoms in total. The standard InChI is InChI=1S/C43H55NO14/c1-23-29(56-38(51)34(48)32(25-15-11-9-12-16-25)44-39(52)58-40(3,4)5)20-43(53)36(57-37(50)26-17-13-10-14-18-26)28-22-55-27(21-54-24(2)45)19-30(46)42(28,8)35(49)33(47)31(23)41(43,6)7/h9-18,27-30,32-34,36,46-48,53H,19-22H2,1-8H3,(H,44,52)/t27-,28+,29?,30+,32+,33-,34-,36+,42+,43-/m1/s1. The van der Waals surface area contributed by atoms with Gasteiger partial charge in [0.25, 0.3) is 0 Å². The van der Waals surface area contributed by atoms with Gasteiger partial charge in [-0.25, -0.2) is 14.4 Å². The molecule has 1 aliphatic heterocycles. The van der Waals surface area contributed by atoms with Gasteiger partial charge in [0.15, 0.2) is 11.9 Å². The van der Waals surface area contributed by atoms with Crippen LogP contribution in [0.5, 0.6) is 0 Å². The fourth-order valence-corrected chi connectivity index (χ4v) is 8.53. The number of rotatable bonds is 9. The van der Waals surface area contributed by atoms with Gasteiger partial charge in [-0.1, -0.05) is 62.4 Å². The van der Waals surface area contributed by atoms with Crippen molar-refractivity contribution in [3.63, 3.8) is 0 Å². The first-order valence-corrected chi connectivity index (χ1v) is 19.3. The molecule has 0 aromatic heterocycles. The molecule has 1 amide bonds. The number of carbonyl (C=O) groups is 5. The van der Waals surface area contributed by atoms with E-state index in [1.807, 2.05) is 0 Å². The first kappa shape index (κ1) is 44.4. The van der Waals surface area contributed by atoms with Crippen LogP contribution in [0.15, 0.2) is 71.8 Å². The molecule has 15 heteroatoms. The van der Waals surface area contributed by atoms with Crippen molar-refractivity contribution in [2.45, 2.75) is 122 Å². The zero-order valence-electron chi connectivity index (χ0n) is 34.1. The van der Waals surface area contributed by atoms with Crippen LogP contribution < -0.4 is 5.32 Å². The van der Waals surface area contributed by atoms with Crippen LogP contribution in [0.25, 0.3) is 0 Å². The normalized spacial score (nSPS) is 30.6. The molecule has 2 aliphatic carbocycles. The summed E-state index contributed by atoms with van der Waals surface area (Å²) in [7, 11) is 0. The number of Topliss-reactive ketones (excluding diaryl/α,β-unsaturated/α-hetero) is 1. The summed E-state index contributed by atoms with van der Waals surface area (Å²) in [6.07, 6.45) is -11.2. The summed E-state index contributed by atoms with van der Waals surface area (Å²) in [5.41, 5.74) is -6.07. The first-order valence-electron chi connectivity index (χ1n) is 19.3. The molecule has 2 bridgehead atoms. The summed E-state index contributed by atoms with van der Waals surface area (Å²) in [5.74, 6) is -4.90. The van der Waals surface area contributed by atoms with Crippen molar-refractivity contribution >= 4 is 29.8 Å². The van der Waals surface area contributed by atoms with Crippen LogP contribution in [0, 0.1) is 16.7 Å². The summed E-state index contributed by atoms with van der Waals surface area (Å²) >= 11 is 0. The van der Waals surface area contributed by atoms with Gasteiger partial charge >= 0.3 is 24.0 Å². The Labute approximate surface area is 337 Å². The Hall–Kier alpha value is -4.67. The Morgan fingerprint density at radius 3 is 2.16 bits per heavy atom. The van der Waals surface area contributed by atoms with Crippen molar-refractivity contribution in [1.29, 1.82) is 0 Å². The van der Waals surface area contributed by atoms with E-state index in [0.29, 0.717) is 5.56 Å². The molecule has 5 rings (SSSR count). The number of hydrogen-bond donors (Lipinski definition) is 5. The topological polar surface area (TPSA) is 224 Å². The van der Waals surface area contributed by atoms with Crippen molar-refractivity contribution in [2.75, 3.05) is 13.2 Å². The zero-order valence-corrected chi connectivity index (χ0v) is 34.1. The smallest absolute Gasteiger partial charge is 0.408 e. The number of nitrogens with one attached hydrogen (secondary N) is 1. The van der Waals surface area contributed by atoms with E-state index in [-0.39, 0.29) is 29.7 Å². The van der Waals surface area contributed by atoms with Crippen molar-refractivity contribution in [3.05, 3.63) is 82.9 Å². The van der Waals surface area contributed by atoms with Crippen LogP contribution in [0.4, 0.5) is 4.79 Å². The van der Waals surface area contributed by atoms with Crippen LogP contribution in [-0.2, 0) is 38.1 Å². The Bertz CT molecular complexity index is 1890. The Balaban J connectivity index is 1.60. The van der Waals surface area contributed by atoms with E-state index >= 15 is 0 Å². The van der Waals surface area contributed by atoms with Crippen LogP contribution in [-0.4, -0.2) is 111 Å². The van der Waals surface area contributed by atoms with E-state index in [1.54, 1.807) is 83.1 Å². The third kappa shape index (κ3) is 8.69. The lowest BCUT2D eigenvalue weighted by molar-refractivity contribution is -0.219. The Kier molecular flexibility index (Phi) is 12.9. The van der Waals surface area contributed by atoms with Gasteiger partial charge in [-0.15, -0.1) is 0 Å². The highest BCUT2D eigenvalue weighted by Gasteiger charge is 2.68. The van der Waals surface area contributed by atoms with Crippen molar-refractivity contribution in [3.8, 4) is 0 Å². The van der Waals surface area contributed by atoms with Gasteiger partial charge in [-0.05, 0) is 63.5 Å². The van der Waals surface area contributed by atoms with Gasteiger partial charge < -0.3 is 49.4 Å². The maximum absolute atomic E-state index is 14.8. The Morgan fingerprint density at radius 1 is 0.966 bits per heavy atom. The van der Waals surface area contributed by atoms with Crippen molar-refractivity contribution in [1.82, 2.24) is 5.32 Å². The minimum absolute atomic E-state index is 0.0423. The molecule has 1 saturated carbocycles. The SMILES string of the molecule is CC(=O)OC[C@H]1C[C@H](O)[C@@]2(C)C(=O)[C@H](O)C3=C(C)C(OC(=O)[C@H](O)[C@@H](NC(=O)OC(C)(C)C)c4ccccc4)C[C@@](O)([C@@H](OC(=O)c4ccccc4)[C@@H]2CO1)C3(C)C. The predicted molar refractivity (Wildman–Crippen MR) is 206 cm³/mol. The highest BCUT2D eigenvalue weighted by molar-refractivity contribution is 5.93. The number of ketones is 1. The average molecular weight is 810 g/mol. The summed E-state index contributed by atoms with van der Waals surface area (Å²) in [6.45, 7) is 11.5. The lowest BCUT2D eigenvalue weighted by Crippen LogP contribution is -2.70. The molecule has 0 radical (unpaired) electrons. The van der Waals surface area contributed by atoms with Gasteiger partial charge in [0.05, 0.1) is 35.8 Å². The number of hydrogen-bond acceptors (Lipinski definition) is 14. The summed E-state index contributed by atoms with van der Waals surface area (Å²) in [6, 6.07) is 14.7. The quantitative estimate of drug-likeness (QED) is 0.139. The largest absolute Gasteiger partial charge is 0.463 e. The predicted octanol–water partition coefficient (Wildman–Crippen LogP) is 3.51. The second kappa shape index (κ2) is 16.9. The minimum atomic E-state index is -2.26. The van der Waals surface area contributed by atoms with Crippen molar-refractivity contribution in [2.24, 2.45) is 16.7 Å². The molecule has 1 heterocycles. The number of alkyl carbamates (subject to hydrolysis) is 1. The van der Waals surface area contributed by atoms with Crippen LogP contribution in [0.1, 0.15) is 90.2 Å². The molecule has 316 valence electrons. The molecule has 5 N–H and O–H groups in total. The summed E-state index contributed by atoms with van der Waals surface area (Å²) < 4.78 is 28.9. The van der Waals surface area contributed by atoms with E-state index in [2.05, 4.69) is 5.32 Å². The highest BCUT2D eigenvalue weighted by atomic mass is 16.6. The zero-order chi connectivity index (χ0) is 43.0. The first-order chi connectivity index (χ1) is 27.0. The number of esters is 3. The van der Waals surface area contributed by atoms with Gasteiger partial charge in [0.1, 0.15) is 36.1 Å². The van der Waals surface area contributed by atoms with Gasteiger partial charge in [-0.3, -0.25) is 9.59 Å². The fraction of sp³-hybridized carbons (Fsp3) is 0.558. The molecular weight excluding hydrogens is 754 g/mol. The summed E-state index contributed by atoms with van der Waals surface area (Å²) in [5, 5.41) is 51.3. The molecule has 10 atom stereocenters. The third-order valence-corrected chi connectivity index (χ3v) is 11.9. The monoisotopic (exact) mass is 809 g/mol. The van der Waals surface area contributed by atoms with E-state index in [0.717, 1.165) is 0 Å². The molecule has 2 aromatic carbocycles. The number of carbonyl (C=O) groups excluding carboxylic acids is 5. The number of amides is 1. The molecule has 58 heavy (non-hydrogen) atoms. The Morgan fingerprint density at radius 2 is 1.57 bits per heavy atom. The minimum Gasteiger partial charge on any atom is -0.463 e. The second-order valence-electron chi connectivity index (χ2n) is 17.1. The molecule has 3 aliphatic rings. The third-order valence-electron chi connectivity index (χ3n) is 11.9. The van der Waals surface area contributed by atoms with E-state index in [9.17, 15) is 44.4 Å². The summed E-state index contributed by atoms with van der Waals surface area (Å²) in [4.78, 5) is 67.4. The van der Waals surface area contributed by atoms with Gasteiger partial charge in [0, 0.05) is 31.1 Å². The number of aliphatic hydroxyl groups excluding tert-OH is 3. The maximum Gasteiger partial charge on any atom is 0.408 e. The maximum atomic E-state index is 14.8. The molecule has 1 saturated heterocycles. The molecular formula is C43H55NO14. The average Bonchev–Trinajstić information content (AvgIpc) is 3.28. The number of benzene rings is 2. The van der Waals surface area contributed by atoms with Gasteiger partial charge in [0.2, 0.25) is 0 Å². The molecule has 1 unspecified atom stereocenters. The van der Waals surface area contributed by atoms with Crippen molar-refractivity contribution < 1.29 is 68.1 Å². The van der Waals surface area contributed by atoms with E-state index < -0.39 is 113 Å². The number of fused-ring (bicyclic) bond motifs is 3. The van der Waals surface area contributed by atoms with Crippen LogP contribution in [0.3, 0.4) is 0 Å². The number of ether oxygens (including phenoxy) is 5. The van der Waals surface area contributed by atoms with Gasteiger partial charge in [-0.2, -0.15) is 0 Å². The van der Waals surface area contributed by atoms with E-state index in [4.69, 9.17) is 23.7 Å². The van der Waals surface area contributed by atoms with Crippen LogP contribution in [0.2, 0.25) is 0 Å². The highest BCUT2D eigenvalue weighted by Crippen LogP contribution is 2.58. The number of aliphatic hydroxyl groups is 4. The second-order valence-corrected chi connectivity index (χ2v) is 17.1.